The molecule has 0 radical (unpaired) electrons. The molecule has 0 bridgehead atoms. The molecule has 0 aliphatic heterocycles. The maximum absolute atomic E-state index is 5.77. The molecule has 0 N–H and O–H groups in total. The Kier molecular flexibility index (Phi) is 3.38. The summed E-state index contributed by atoms with van der Waals surface area (Å²) < 4.78 is 6.59. The summed E-state index contributed by atoms with van der Waals surface area (Å²) in [4.78, 5) is 4.61. The summed E-state index contributed by atoms with van der Waals surface area (Å²) in [7, 11) is 0. The van der Waals surface area contributed by atoms with E-state index in [-0.39, 0.29) is 0 Å². The fraction of sp³-hybridized carbons (Fsp3) is 0.0625. The lowest BCUT2D eigenvalue weighted by Crippen LogP contribution is -1.81. The number of rotatable bonds is 2. The van der Waals surface area contributed by atoms with Crippen LogP contribution in [0.3, 0.4) is 0 Å². The Morgan fingerprint density at radius 2 is 1.58 bits per heavy atom. The first-order valence-corrected chi connectivity index (χ1v) is 7.11. The Hall–Kier alpha value is -1.62. The van der Waals surface area contributed by atoms with Crippen molar-refractivity contribution in [3.63, 3.8) is 0 Å². The van der Waals surface area contributed by atoms with E-state index in [2.05, 4.69) is 46.6 Å². The highest BCUT2D eigenvalue weighted by Gasteiger charge is 2.13. The first kappa shape index (κ1) is 12.4. The molecule has 0 saturated heterocycles. The van der Waals surface area contributed by atoms with E-state index in [4.69, 9.17) is 4.42 Å². The van der Waals surface area contributed by atoms with Gasteiger partial charge in [0.15, 0.2) is 3.77 Å². The average Bonchev–Trinajstić information content (AvgIpc) is 2.83. The molecule has 3 rings (SSSR count). The minimum Gasteiger partial charge on any atom is -0.430 e. The molecular weight excluding hydrogens is 349 g/mol. The van der Waals surface area contributed by atoms with E-state index >= 15 is 0 Å². The van der Waals surface area contributed by atoms with Crippen LogP contribution in [0.4, 0.5) is 0 Å². The molecule has 94 valence electrons. The van der Waals surface area contributed by atoms with Gasteiger partial charge < -0.3 is 4.42 Å². The minimum absolute atomic E-state index is 0.670. The molecule has 0 unspecified atom stereocenters. The van der Waals surface area contributed by atoms with Gasteiger partial charge in [0.05, 0.1) is 0 Å². The summed E-state index contributed by atoms with van der Waals surface area (Å²) in [6, 6.07) is 18.3. The van der Waals surface area contributed by atoms with Crippen molar-refractivity contribution in [2.75, 3.05) is 0 Å². The molecule has 0 spiro atoms. The van der Waals surface area contributed by atoms with Gasteiger partial charge in [-0.25, -0.2) is 4.98 Å². The summed E-state index contributed by atoms with van der Waals surface area (Å²) in [5.41, 5.74) is 4.21. The predicted octanol–water partition coefficient (Wildman–Crippen LogP) is 4.92. The smallest absolute Gasteiger partial charge is 0.228 e. The number of hydrogen-bond donors (Lipinski definition) is 0. The monoisotopic (exact) mass is 361 g/mol. The van der Waals surface area contributed by atoms with Crippen LogP contribution in [-0.2, 0) is 0 Å². The molecule has 2 nitrogen and oxygen atoms in total. The van der Waals surface area contributed by atoms with Gasteiger partial charge in [0.25, 0.3) is 0 Å². The van der Waals surface area contributed by atoms with E-state index in [1.165, 1.54) is 5.56 Å². The number of aryl methyl sites for hydroxylation is 1. The van der Waals surface area contributed by atoms with Crippen molar-refractivity contribution in [3.8, 4) is 22.7 Å². The summed E-state index contributed by atoms with van der Waals surface area (Å²) >= 11 is 2.19. The van der Waals surface area contributed by atoms with Crippen LogP contribution in [0.1, 0.15) is 5.56 Å². The van der Waals surface area contributed by atoms with E-state index in [9.17, 15) is 0 Å². The van der Waals surface area contributed by atoms with Crippen molar-refractivity contribution in [3.05, 3.63) is 63.9 Å². The zero-order valence-corrected chi connectivity index (χ0v) is 12.6. The summed E-state index contributed by atoms with van der Waals surface area (Å²) in [5.74, 6) is 0.670. The van der Waals surface area contributed by atoms with Gasteiger partial charge in [-0.1, -0.05) is 48.0 Å². The number of benzene rings is 2. The van der Waals surface area contributed by atoms with Crippen LogP contribution < -0.4 is 0 Å². The van der Waals surface area contributed by atoms with Crippen LogP contribution in [-0.4, -0.2) is 4.98 Å². The highest BCUT2D eigenvalue weighted by Crippen LogP contribution is 2.29. The van der Waals surface area contributed by atoms with Gasteiger partial charge in [0.1, 0.15) is 5.69 Å². The Labute approximate surface area is 125 Å². The fourth-order valence-corrected chi connectivity index (χ4v) is 2.54. The molecule has 3 aromatic rings. The molecule has 3 heteroatoms. The second-order valence-electron chi connectivity index (χ2n) is 4.37. The third kappa shape index (κ3) is 2.56. The molecular formula is C16H12INO. The normalized spacial score (nSPS) is 10.6. The Bertz CT molecular complexity index is 687. The fourth-order valence-electron chi connectivity index (χ4n) is 1.90. The zero-order valence-electron chi connectivity index (χ0n) is 10.4. The Morgan fingerprint density at radius 1 is 0.895 bits per heavy atom. The van der Waals surface area contributed by atoms with Gasteiger partial charge >= 0.3 is 0 Å². The lowest BCUT2D eigenvalue weighted by Gasteiger charge is -1.95. The van der Waals surface area contributed by atoms with E-state index in [1.807, 2.05) is 42.5 Å². The van der Waals surface area contributed by atoms with Gasteiger partial charge in [0.2, 0.25) is 5.89 Å². The van der Waals surface area contributed by atoms with Gasteiger partial charge in [-0.2, -0.15) is 0 Å². The van der Waals surface area contributed by atoms with E-state index in [1.54, 1.807) is 0 Å². The molecule has 2 aromatic carbocycles. The summed E-state index contributed by atoms with van der Waals surface area (Å²) in [5, 5.41) is 0. The molecule has 0 fully saturated rings. The standard InChI is InChI=1S/C16H12INO/c1-11-7-9-13(10-8-11)16-18-14(15(17)19-16)12-5-3-2-4-6-12/h2-10H,1H3. The van der Waals surface area contributed by atoms with Crippen molar-refractivity contribution >= 4 is 22.6 Å². The number of nitrogens with zero attached hydrogens (tertiary/aromatic N) is 1. The zero-order chi connectivity index (χ0) is 13.2. The molecule has 0 atom stereocenters. The van der Waals surface area contributed by atoms with Crippen molar-refractivity contribution in [2.24, 2.45) is 0 Å². The molecule has 19 heavy (non-hydrogen) atoms. The lowest BCUT2D eigenvalue weighted by molar-refractivity contribution is 0.547. The van der Waals surface area contributed by atoms with Gasteiger partial charge in [-0.3, -0.25) is 0 Å². The third-order valence-electron chi connectivity index (χ3n) is 2.93. The Balaban J connectivity index is 2.04. The molecule has 1 heterocycles. The summed E-state index contributed by atoms with van der Waals surface area (Å²) in [6.45, 7) is 2.07. The van der Waals surface area contributed by atoms with Crippen molar-refractivity contribution in [1.29, 1.82) is 0 Å². The highest BCUT2D eigenvalue weighted by atomic mass is 127. The SMILES string of the molecule is Cc1ccc(-c2nc(-c3ccccc3)c(I)o2)cc1. The van der Waals surface area contributed by atoms with Crippen LogP contribution in [0, 0.1) is 10.7 Å². The minimum atomic E-state index is 0.670. The maximum Gasteiger partial charge on any atom is 0.228 e. The molecule has 0 aliphatic carbocycles. The van der Waals surface area contributed by atoms with Crippen molar-refractivity contribution in [1.82, 2.24) is 4.98 Å². The van der Waals surface area contributed by atoms with Gasteiger partial charge in [0, 0.05) is 33.7 Å². The molecule has 0 amide bonds. The second-order valence-corrected chi connectivity index (χ2v) is 5.35. The maximum atomic E-state index is 5.77. The van der Waals surface area contributed by atoms with Crippen LogP contribution in [0.5, 0.6) is 0 Å². The third-order valence-corrected chi connectivity index (χ3v) is 3.66. The average molecular weight is 361 g/mol. The van der Waals surface area contributed by atoms with Gasteiger partial charge in [-0.05, 0) is 19.1 Å². The number of oxazole rings is 1. The van der Waals surface area contributed by atoms with E-state index in [0.29, 0.717) is 5.89 Å². The largest absolute Gasteiger partial charge is 0.430 e. The summed E-state index contributed by atoms with van der Waals surface area (Å²) in [6.07, 6.45) is 0. The van der Waals surface area contributed by atoms with Crippen LogP contribution in [0.2, 0.25) is 0 Å². The molecule has 0 aliphatic rings. The van der Waals surface area contributed by atoms with E-state index in [0.717, 1.165) is 20.6 Å². The van der Waals surface area contributed by atoms with E-state index < -0.39 is 0 Å². The first-order chi connectivity index (χ1) is 9.24. The second kappa shape index (κ2) is 5.17. The predicted molar refractivity (Wildman–Crippen MR) is 84.8 cm³/mol. The van der Waals surface area contributed by atoms with Crippen LogP contribution in [0.15, 0.2) is 59.0 Å². The lowest BCUT2D eigenvalue weighted by atomic mass is 10.1. The topological polar surface area (TPSA) is 26.0 Å². The number of halogens is 1. The first-order valence-electron chi connectivity index (χ1n) is 6.03. The van der Waals surface area contributed by atoms with Crippen LogP contribution in [0.25, 0.3) is 22.7 Å². The molecule has 1 aromatic heterocycles. The van der Waals surface area contributed by atoms with Crippen molar-refractivity contribution in [2.45, 2.75) is 6.92 Å². The number of aromatic nitrogens is 1. The van der Waals surface area contributed by atoms with Gasteiger partial charge in [-0.15, -0.1) is 0 Å². The quantitative estimate of drug-likeness (QED) is 0.606. The molecule has 0 saturated carbocycles. The number of hydrogen-bond acceptors (Lipinski definition) is 2. The Morgan fingerprint density at radius 3 is 2.26 bits per heavy atom. The van der Waals surface area contributed by atoms with Crippen molar-refractivity contribution < 1.29 is 4.42 Å². The highest BCUT2D eigenvalue weighted by molar-refractivity contribution is 14.1. The van der Waals surface area contributed by atoms with Crippen LogP contribution >= 0.6 is 22.6 Å².